The first kappa shape index (κ1) is 25.8. The number of hydrogen-bond acceptors (Lipinski definition) is 5. The zero-order chi connectivity index (χ0) is 21.3. The molecule has 1 aromatic heterocycles. The molecule has 1 aromatic carbocycles. The molecule has 1 aliphatic carbocycles. The fourth-order valence-electron chi connectivity index (χ4n) is 4.00. The largest absolute Gasteiger partial charge is 0.496 e. The van der Waals surface area contributed by atoms with Gasteiger partial charge in [0.25, 0.3) is 0 Å². The van der Waals surface area contributed by atoms with Gasteiger partial charge < -0.3 is 19.9 Å². The highest BCUT2D eigenvalue weighted by molar-refractivity contribution is 14.0. The zero-order valence-corrected chi connectivity index (χ0v) is 22.1. The molecule has 9 heteroatoms. The molecule has 172 valence electrons. The second-order valence-electron chi connectivity index (χ2n) is 7.68. The molecule has 7 nitrogen and oxygen atoms in total. The average Bonchev–Trinajstić information content (AvgIpc) is 3.43. The van der Waals surface area contributed by atoms with Gasteiger partial charge in [0.15, 0.2) is 11.1 Å². The second-order valence-corrected chi connectivity index (χ2v) is 8.46. The summed E-state index contributed by atoms with van der Waals surface area (Å²) < 4.78 is 7.87. The average molecular weight is 559 g/mol. The summed E-state index contributed by atoms with van der Waals surface area (Å²) in [5.74, 6) is 2.80. The highest BCUT2D eigenvalue weighted by atomic mass is 127. The first-order valence-corrected chi connectivity index (χ1v) is 11.9. The second kappa shape index (κ2) is 13.1. The molecule has 1 fully saturated rings. The maximum absolute atomic E-state index is 5.49. The van der Waals surface area contributed by atoms with Crippen molar-refractivity contribution in [3.8, 4) is 5.75 Å². The minimum Gasteiger partial charge on any atom is -0.496 e. The van der Waals surface area contributed by atoms with Crippen molar-refractivity contribution in [3.63, 3.8) is 0 Å². The predicted molar refractivity (Wildman–Crippen MR) is 139 cm³/mol. The van der Waals surface area contributed by atoms with Crippen LogP contribution in [0.2, 0.25) is 0 Å². The van der Waals surface area contributed by atoms with Gasteiger partial charge in [-0.05, 0) is 44.1 Å². The molecule has 0 radical (unpaired) electrons. The van der Waals surface area contributed by atoms with Crippen molar-refractivity contribution in [2.75, 3.05) is 27.0 Å². The minimum absolute atomic E-state index is 0. The Hall–Kier alpha value is -1.49. The van der Waals surface area contributed by atoms with E-state index >= 15 is 0 Å². The first-order valence-electron chi connectivity index (χ1n) is 10.7. The summed E-state index contributed by atoms with van der Waals surface area (Å²) in [5.41, 5.74) is 2.30. The number of ether oxygens (including phenoxy) is 1. The normalized spacial score (nSPS) is 14.4. The van der Waals surface area contributed by atoms with Crippen LogP contribution < -0.4 is 15.4 Å². The summed E-state index contributed by atoms with van der Waals surface area (Å²) in [4.78, 5) is 4.34. The molecular weight excluding hydrogens is 523 g/mol. The summed E-state index contributed by atoms with van der Waals surface area (Å²) in [7, 11) is 3.50. The van der Waals surface area contributed by atoms with E-state index in [0.29, 0.717) is 12.6 Å². The first-order chi connectivity index (χ1) is 14.7. The van der Waals surface area contributed by atoms with Gasteiger partial charge in [0.2, 0.25) is 0 Å². The monoisotopic (exact) mass is 558 g/mol. The standard InChI is InChI=1S/C22H34N6OS.HI/c1-16-11-12-17(19(14-16)29-3)15-25-21(23-2)24-13-7-10-20-26-27-22(30-4)28(20)18-8-5-6-9-18;/h11-12,14,18H,5-10,13,15H2,1-4H3,(H2,23,24,25);1H. The van der Waals surface area contributed by atoms with Crippen LogP contribution in [0, 0.1) is 6.92 Å². The van der Waals surface area contributed by atoms with E-state index in [0.717, 1.165) is 47.6 Å². The Morgan fingerprint density at radius 1 is 1.26 bits per heavy atom. The van der Waals surface area contributed by atoms with Crippen LogP contribution in [0.5, 0.6) is 5.75 Å². The van der Waals surface area contributed by atoms with Crippen molar-refractivity contribution in [2.24, 2.45) is 4.99 Å². The van der Waals surface area contributed by atoms with Crippen molar-refractivity contribution in [1.82, 2.24) is 25.4 Å². The Kier molecular flexibility index (Phi) is 10.9. The number of aryl methyl sites for hydroxylation is 2. The van der Waals surface area contributed by atoms with Crippen LogP contribution in [0.4, 0.5) is 0 Å². The number of halogens is 1. The number of rotatable bonds is 9. The fraction of sp³-hybridized carbons (Fsp3) is 0.591. The molecule has 2 aromatic rings. The van der Waals surface area contributed by atoms with Gasteiger partial charge in [-0.2, -0.15) is 0 Å². The number of nitrogens with one attached hydrogen (secondary N) is 2. The summed E-state index contributed by atoms with van der Waals surface area (Å²) in [6.07, 6.45) is 9.09. The molecule has 2 N–H and O–H groups in total. The molecule has 0 aliphatic heterocycles. The number of aliphatic imine (C=N–C) groups is 1. The van der Waals surface area contributed by atoms with Crippen molar-refractivity contribution >= 4 is 41.7 Å². The number of benzene rings is 1. The van der Waals surface area contributed by atoms with Crippen molar-refractivity contribution in [1.29, 1.82) is 0 Å². The van der Waals surface area contributed by atoms with Gasteiger partial charge in [-0.15, -0.1) is 34.2 Å². The molecule has 0 amide bonds. The van der Waals surface area contributed by atoms with Crippen LogP contribution >= 0.6 is 35.7 Å². The Labute approximate surface area is 207 Å². The molecule has 0 atom stereocenters. The maximum Gasteiger partial charge on any atom is 0.191 e. The summed E-state index contributed by atoms with van der Waals surface area (Å²) in [6, 6.07) is 6.81. The van der Waals surface area contributed by atoms with E-state index in [4.69, 9.17) is 4.74 Å². The lowest BCUT2D eigenvalue weighted by Crippen LogP contribution is -2.37. The highest BCUT2D eigenvalue weighted by Gasteiger charge is 2.23. The van der Waals surface area contributed by atoms with Crippen LogP contribution in [-0.2, 0) is 13.0 Å². The van der Waals surface area contributed by atoms with Crippen LogP contribution in [0.1, 0.15) is 55.1 Å². The summed E-state index contributed by atoms with van der Waals surface area (Å²) in [6.45, 7) is 3.56. The van der Waals surface area contributed by atoms with Crippen LogP contribution in [0.25, 0.3) is 0 Å². The molecule has 31 heavy (non-hydrogen) atoms. The number of thioether (sulfide) groups is 1. The molecule has 3 rings (SSSR count). The topological polar surface area (TPSA) is 76.4 Å². The van der Waals surface area contributed by atoms with E-state index < -0.39 is 0 Å². The zero-order valence-electron chi connectivity index (χ0n) is 19.0. The third-order valence-electron chi connectivity index (χ3n) is 5.59. The Morgan fingerprint density at radius 2 is 2.03 bits per heavy atom. The van der Waals surface area contributed by atoms with Crippen molar-refractivity contribution in [2.45, 2.75) is 63.2 Å². The van der Waals surface area contributed by atoms with Crippen molar-refractivity contribution < 1.29 is 4.74 Å². The van der Waals surface area contributed by atoms with Gasteiger partial charge in [-0.3, -0.25) is 4.99 Å². The van der Waals surface area contributed by atoms with Gasteiger partial charge >= 0.3 is 0 Å². The summed E-state index contributed by atoms with van der Waals surface area (Å²) >= 11 is 1.69. The molecule has 0 saturated heterocycles. The third kappa shape index (κ3) is 7.00. The van der Waals surface area contributed by atoms with Gasteiger partial charge in [0.1, 0.15) is 11.6 Å². The number of aromatic nitrogens is 3. The van der Waals surface area contributed by atoms with Gasteiger partial charge in [0.05, 0.1) is 7.11 Å². The van der Waals surface area contributed by atoms with Crippen LogP contribution in [-0.4, -0.2) is 47.7 Å². The lowest BCUT2D eigenvalue weighted by molar-refractivity contribution is 0.408. The van der Waals surface area contributed by atoms with Gasteiger partial charge in [-0.1, -0.05) is 36.7 Å². The van der Waals surface area contributed by atoms with E-state index in [1.807, 2.05) is 0 Å². The smallest absolute Gasteiger partial charge is 0.191 e. The van der Waals surface area contributed by atoms with E-state index in [1.165, 1.54) is 31.2 Å². The Morgan fingerprint density at radius 3 is 2.71 bits per heavy atom. The molecule has 1 heterocycles. The van der Waals surface area contributed by atoms with Crippen LogP contribution in [0.15, 0.2) is 28.3 Å². The Balaban J connectivity index is 0.00000341. The molecule has 0 spiro atoms. The van der Waals surface area contributed by atoms with Crippen molar-refractivity contribution in [3.05, 3.63) is 35.2 Å². The molecular formula is C22H35IN6OS. The minimum atomic E-state index is 0. The number of nitrogens with zero attached hydrogens (tertiary/aromatic N) is 4. The van der Waals surface area contributed by atoms with E-state index in [9.17, 15) is 0 Å². The van der Waals surface area contributed by atoms with Gasteiger partial charge in [-0.25, -0.2) is 0 Å². The maximum atomic E-state index is 5.49. The number of guanidine groups is 1. The number of hydrogen-bond donors (Lipinski definition) is 2. The molecule has 1 saturated carbocycles. The number of methoxy groups -OCH3 is 1. The SMILES string of the molecule is CN=C(NCCCc1nnc(SC)n1C1CCCC1)NCc1ccc(C)cc1OC.I. The molecule has 0 bridgehead atoms. The lowest BCUT2D eigenvalue weighted by atomic mass is 10.1. The third-order valence-corrected chi connectivity index (χ3v) is 6.23. The van der Waals surface area contributed by atoms with Gasteiger partial charge in [0, 0.05) is 38.2 Å². The summed E-state index contributed by atoms with van der Waals surface area (Å²) in [5, 5.41) is 16.7. The molecule has 1 aliphatic rings. The van der Waals surface area contributed by atoms with E-state index in [1.54, 1.807) is 25.9 Å². The fourth-order valence-corrected chi connectivity index (χ4v) is 4.57. The van der Waals surface area contributed by atoms with E-state index in [-0.39, 0.29) is 24.0 Å². The predicted octanol–water partition coefficient (Wildman–Crippen LogP) is 4.35. The molecule has 0 unspecified atom stereocenters. The van der Waals surface area contributed by atoms with Crippen LogP contribution in [0.3, 0.4) is 0 Å². The van der Waals surface area contributed by atoms with E-state index in [2.05, 4.69) is 61.8 Å². The Bertz CT molecular complexity index is 851. The quantitative estimate of drug-likeness (QED) is 0.157. The highest BCUT2D eigenvalue weighted by Crippen LogP contribution is 2.33. The lowest BCUT2D eigenvalue weighted by Gasteiger charge is -2.17.